The highest BCUT2D eigenvalue weighted by atomic mass is 16.3. The minimum atomic E-state index is -1.11. The Bertz CT molecular complexity index is 344. The second-order valence-corrected chi connectivity index (χ2v) is 4.54. The van der Waals surface area contributed by atoms with E-state index in [1.165, 1.54) is 0 Å². The van der Waals surface area contributed by atoms with Crippen LogP contribution in [0.2, 0.25) is 0 Å². The number of rotatable bonds is 4. The van der Waals surface area contributed by atoms with Gasteiger partial charge in [0, 0.05) is 6.04 Å². The van der Waals surface area contributed by atoms with Crippen molar-refractivity contribution >= 4 is 5.91 Å². The number of hydrogen-bond donors (Lipinski definition) is 2. The average molecular weight is 221 g/mol. The highest BCUT2D eigenvalue weighted by Gasteiger charge is 2.26. The van der Waals surface area contributed by atoms with Crippen molar-refractivity contribution in [3.8, 4) is 0 Å². The van der Waals surface area contributed by atoms with E-state index in [1.807, 2.05) is 44.2 Å². The van der Waals surface area contributed by atoms with Crippen molar-refractivity contribution in [2.75, 3.05) is 0 Å². The molecule has 0 aliphatic heterocycles. The summed E-state index contributed by atoms with van der Waals surface area (Å²) < 4.78 is 0. The fraction of sp³-hybridized carbons (Fsp3) is 0.462. The highest BCUT2D eigenvalue weighted by Crippen LogP contribution is 2.23. The summed E-state index contributed by atoms with van der Waals surface area (Å²) in [7, 11) is 0. The summed E-state index contributed by atoms with van der Waals surface area (Å²) in [5, 5.41) is 13.0. The molecule has 0 saturated carbocycles. The van der Waals surface area contributed by atoms with Gasteiger partial charge < -0.3 is 10.4 Å². The van der Waals surface area contributed by atoms with Crippen molar-refractivity contribution in [3.63, 3.8) is 0 Å². The third-order valence-corrected chi connectivity index (χ3v) is 2.35. The monoisotopic (exact) mass is 221 g/mol. The lowest BCUT2D eigenvalue weighted by atomic mass is 9.92. The number of benzene rings is 1. The largest absolute Gasteiger partial charge is 0.385 e. The zero-order chi connectivity index (χ0) is 12.2. The van der Waals surface area contributed by atoms with Crippen LogP contribution < -0.4 is 5.32 Å². The van der Waals surface area contributed by atoms with Crippen molar-refractivity contribution in [2.24, 2.45) is 0 Å². The Morgan fingerprint density at radius 2 is 1.94 bits per heavy atom. The predicted molar refractivity (Wildman–Crippen MR) is 63.9 cm³/mol. The fourth-order valence-electron chi connectivity index (χ4n) is 1.58. The van der Waals surface area contributed by atoms with E-state index < -0.39 is 5.60 Å². The molecule has 0 radical (unpaired) electrons. The van der Waals surface area contributed by atoms with E-state index in [1.54, 1.807) is 6.92 Å². The van der Waals surface area contributed by atoms with Gasteiger partial charge in [-0.15, -0.1) is 0 Å². The van der Waals surface area contributed by atoms with Gasteiger partial charge in [-0.05, 0) is 26.3 Å². The van der Waals surface area contributed by atoms with Crippen LogP contribution in [0.15, 0.2) is 30.3 Å². The maximum Gasteiger partial charge on any atom is 0.223 e. The van der Waals surface area contributed by atoms with Gasteiger partial charge >= 0.3 is 0 Å². The molecule has 0 aliphatic carbocycles. The molecule has 2 N–H and O–H groups in total. The van der Waals surface area contributed by atoms with Crippen LogP contribution in [0, 0.1) is 0 Å². The normalized spacial score (nSPS) is 14.6. The van der Waals surface area contributed by atoms with Gasteiger partial charge in [-0.2, -0.15) is 0 Å². The standard InChI is InChI=1S/C13H19NO2/c1-10(2)14-12(15)9-13(3,16)11-7-5-4-6-8-11/h4-8,10,16H,9H2,1-3H3,(H,14,15). The quantitative estimate of drug-likeness (QED) is 0.814. The van der Waals surface area contributed by atoms with Crippen LogP contribution in [0.25, 0.3) is 0 Å². The van der Waals surface area contributed by atoms with E-state index in [9.17, 15) is 9.90 Å². The van der Waals surface area contributed by atoms with Gasteiger partial charge in [0.05, 0.1) is 12.0 Å². The molecule has 1 rings (SSSR count). The Morgan fingerprint density at radius 3 is 2.44 bits per heavy atom. The molecule has 1 amide bonds. The van der Waals surface area contributed by atoms with Gasteiger partial charge in [0.25, 0.3) is 0 Å². The summed E-state index contributed by atoms with van der Waals surface area (Å²) in [5.74, 6) is -0.135. The molecule has 0 fully saturated rings. The van der Waals surface area contributed by atoms with Crippen molar-refractivity contribution < 1.29 is 9.90 Å². The van der Waals surface area contributed by atoms with Crippen LogP contribution in [0.5, 0.6) is 0 Å². The maximum atomic E-state index is 11.6. The molecule has 0 bridgehead atoms. The number of carbonyl (C=O) groups excluding carboxylic acids is 1. The molecule has 0 aromatic heterocycles. The third kappa shape index (κ3) is 3.66. The first-order valence-electron chi connectivity index (χ1n) is 5.49. The highest BCUT2D eigenvalue weighted by molar-refractivity contribution is 5.77. The Hall–Kier alpha value is -1.35. The first kappa shape index (κ1) is 12.7. The molecule has 1 atom stereocenters. The maximum absolute atomic E-state index is 11.6. The molecule has 0 spiro atoms. The SMILES string of the molecule is CC(C)NC(=O)CC(C)(O)c1ccccc1. The number of amides is 1. The molecule has 1 unspecified atom stereocenters. The minimum Gasteiger partial charge on any atom is -0.385 e. The first-order valence-corrected chi connectivity index (χ1v) is 5.49. The van der Waals surface area contributed by atoms with Gasteiger partial charge in [-0.3, -0.25) is 4.79 Å². The molecule has 88 valence electrons. The number of nitrogens with one attached hydrogen (secondary N) is 1. The first-order chi connectivity index (χ1) is 7.42. The third-order valence-electron chi connectivity index (χ3n) is 2.35. The Balaban J connectivity index is 2.69. The molecular weight excluding hydrogens is 202 g/mol. The average Bonchev–Trinajstić information content (AvgIpc) is 2.16. The molecular formula is C13H19NO2. The molecule has 0 aliphatic rings. The van der Waals surface area contributed by atoms with E-state index in [0.717, 1.165) is 5.56 Å². The molecule has 3 heteroatoms. The van der Waals surface area contributed by atoms with Crippen LogP contribution in [0.3, 0.4) is 0 Å². The predicted octanol–water partition coefficient (Wildman–Crippen LogP) is 1.81. The molecule has 0 saturated heterocycles. The van der Waals surface area contributed by atoms with Crippen molar-refractivity contribution in [1.82, 2.24) is 5.32 Å². The lowest BCUT2D eigenvalue weighted by molar-refractivity contribution is -0.126. The second kappa shape index (κ2) is 5.12. The van der Waals surface area contributed by atoms with Crippen LogP contribution in [0.1, 0.15) is 32.8 Å². The summed E-state index contributed by atoms with van der Waals surface area (Å²) >= 11 is 0. The van der Waals surface area contributed by atoms with Gasteiger partial charge in [0.1, 0.15) is 0 Å². The van der Waals surface area contributed by atoms with Crippen LogP contribution in [-0.2, 0) is 10.4 Å². The fourth-order valence-corrected chi connectivity index (χ4v) is 1.58. The van der Waals surface area contributed by atoms with Gasteiger partial charge in [0.2, 0.25) is 5.91 Å². The van der Waals surface area contributed by atoms with Crippen molar-refractivity contribution in [3.05, 3.63) is 35.9 Å². The van der Waals surface area contributed by atoms with E-state index in [0.29, 0.717) is 0 Å². The lowest BCUT2D eigenvalue weighted by Gasteiger charge is -2.23. The van der Waals surface area contributed by atoms with E-state index in [4.69, 9.17) is 0 Å². The number of aliphatic hydroxyl groups is 1. The Labute approximate surface area is 96.5 Å². The van der Waals surface area contributed by atoms with E-state index in [-0.39, 0.29) is 18.4 Å². The summed E-state index contributed by atoms with van der Waals surface area (Å²) in [5.41, 5.74) is -0.353. The lowest BCUT2D eigenvalue weighted by Crippen LogP contribution is -2.36. The van der Waals surface area contributed by atoms with Gasteiger partial charge in [0.15, 0.2) is 0 Å². The Morgan fingerprint density at radius 1 is 1.38 bits per heavy atom. The van der Waals surface area contributed by atoms with Crippen LogP contribution in [-0.4, -0.2) is 17.1 Å². The molecule has 1 aromatic carbocycles. The minimum absolute atomic E-state index is 0.0786. The van der Waals surface area contributed by atoms with E-state index in [2.05, 4.69) is 5.32 Å². The van der Waals surface area contributed by atoms with Crippen molar-refractivity contribution in [1.29, 1.82) is 0 Å². The van der Waals surface area contributed by atoms with Gasteiger partial charge in [-0.25, -0.2) is 0 Å². The summed E-state index contributed by atoms with van der Waals surface area (Å²) in [6.07, 6.45) is 0.0786. The topological polar surface area (TPSA) is 49.3 Å². The smallest absolute Gasteiger partial charge is 0.223 e. The Kier molecular flexibility index (Phi) is 4.07. The molecule has 16 heavy (non-hydrogen) atoms. The van der Waals surface area contributed by atoms with Crippen LogP contribution in [0.4, 0.5) is 0 Å². The molecule has 0 heterocycles. The van der Waals surface area contributed by atoms with E-state index >= 15 is 0 Å². The van der Waals surface area contributed by atoms with Gasteiger partial charge in [-0.1, -0.05) is 30.3 Å². The summed E-state index contributed by atoms with van der Waals surface area (Å²) in [6, 6.07) is 9.33. The number of carbonyl (C=O) groups is 1. The summed E-state index contributed by atoms with van der Waals surface area (Å²) in [4.78, 5) is 11.6. The van der Waals surface area contributed by atoms with Crippen molar-refractivity contribution in [2.45, 2.75) is 38.8 Å². The summed E-state index contributed by atoms with van der Waals surface area (Å²) in [6.45, 7) is 5.45. The molecule has 1 aromatic rings. The zero-order valence-electron chi connectivity index (χ0n) is 10.0. The zero-order valence-corrected chi connectivity index (χ0v) is 10.0. The second-order valence-electron chi connectivity index (χ2n) is 4.54. The number of hydrogen-bond acceptors (Lipinski definition) is 2. The van der Waals surface area contributed by atoms with Crippen LogP contribution >= 0.6 is 0 Å². The molecule has 3 nitrogen and oxygen atoms in total.